The SMILES string of the molecule is COC(=O)C(C)N1CCN(Cc2ccccc2)CC1. The molecule has 1 unspecified atom stereocenters. The Labute approximate surface area is 115 Å². The summed E-state index contributed by atoms with van der Waals surface area (Å²) in [6, 6.07) is 10.4. The fourth-order valence-electron chi connectivity index (χ4n) is 2.47. The molecule has 0 spiro atoms. The Morgan fingerprint density at radius 1 is 1.21 bits per heavy atom. The number of carbonyl (C=O) groups excluding carboxylic acids is 1. The first-order valence-corrected chi connectivity index (χ1v) is 6.79. The minimum Gasteiger partial charge on any atom is -0.468 e. The first kappa shape index (κ1) is 14.0. The minimum absolute atomic E-state index is 0.135. The maximum absolute atomic E-state index is 11.5. The van der Waals surface area contributed by atoms with Crippen LogP contribution in [0.1, 0.15) is 12.5 Å². The number of piperazine rings is 1. The van der Waals surface area contributed by atoms with Gasteiger partial charge in [-0.2, -0.15) is 0 Å². The minimum atomic E-state index is -0.142. The Bertz CT molecular complexity index is 400. The van der Waals surface area contributed by atoms with Gasteiger partial charge < -0.3 is 4.74 Å². The van der Waals surface area contributed by atoms with E-state index < -0.39 is 0 Å². The number of benzene rings is 1. The van der Waals surface area contributed by atoms with E-state index in [9.17, 15) is 4.79 Å². The molecule has 4 nitrogen and oxygen atoms in total. The molecule has 0 aromatic heterocycles. The quantitative estimate of drug-likeness (QED) is 0.767. The van der Waals surface area contributed by atoms with Gasteiger partial charge in [0.2, 0.25) is 0 Å². The van der Waals surface area contributed by atoms with Crippen LogP contribution < -0.4 is 0 Å². The van der Waals surface area contributed by atoms with Crippen LogP contribution in [-0.2, 0) is 16.1 Å². The van der Waals surface area contributed by atoms with Crippen LogP contribution in [0.2, 0.25) is 0 Å². The normalized spacial score (nSPS) is 19.1. The lowest BCUT2D eigenvalue weighted by Crippen LogP contribution is -2.51. The molecular weight excluding hydrogens is 240 g/mol. The Morgan fingerprint density at radius 2 is 1.84 bits per heavy atom. The summed E-state index contributed by atoms with van der Waals surface area (Å²) in [5, 5.41) is 0. The van der Waals surface area contributed by atoms with Crippen LogP contribution in [0.5, 0.6) is 0 Å². The number of rotatable bonds is 4. The molecule has 1 aromatic carbocycles. The summed E-state index contributed by atoms with van der Waals surface area (Å²) in [5.41, 5.74) is 1.34. The molecule has 0 amide bonds. The first-order chi connectivity index (χ1) is 9.20. The third-order valence-electron chi connectivity index (χ3n) is 3.75. The molecule has 0 bridgehead atoms. The zero-order valence-electron chi connectivity index (χ0n) is 11.7. The molecule has 4 heteroatoms. The van der Waals surface area contributed by atoms with Gasteiger partial charge in [0.15, 0.2) is 0 Å². The summed E-state index contributed by atoms with van der Waals surface area (Å²) in [4.78, 5) is 16.1. The Kier molecular flexibility index (Phi) is 4.93. The standard InChI is InChI=1S/C15H22N2O2/c1-13(15(18)19-2)17-10-8-16(9-11-17)12-14-6-4-3-5-7-14/h3-7,13H,8-12H2,1-2H3. The number of carbonyl (C=O) groups is 1. The summed E-state index contributed by atoms with van der Waals surface area (Å²) in [5.74, 6) is -0.142. The average Bonchev–Trinajstić information content (AvgIpc) is 2.47. The van der Waals surface area contributed by atoms with Crippen LogP contribution in [0, 0.1) is 0 Å². The van der Waals surface area contributed by atoms with Gasteiger partial charge in [-0.05, 0) is 12.5 Å². The van der Waals surface area contributed by atoms with Crippen LogP contribution in [0.15, 0.2) is 30.3 Å². The van der Waals surface area contributed by atoms with Crippen molar-refractivity contribution in [2.24, 2.45) is 0 Å². The van der Waals surface area contributed by atoms with Crippen molar-refractivity contribution in [2.75, 3.05) is 33.3 Å². The van der Waals surface area contributed by atoms with Crippen molar-refractivity contribution >= 4 is 5.97 Å². The van der Waals surface area contributed by atoms with Crippen molar-refractivity contribution < 1.29 is 9.53 Å². The van der Waals surface area contributed by atoms with Crippen LogP contribution in [0.3, 0.4) is 0 Å². The largest absolute Gasteiger partial charge is 0.468 e. The Balaban J connectivity index is 1.81. The van der Waals surface area contributed by atoms with Gasteiger partial charge in [0.1, 0.15) is 6.04 Å². The first-order valence-electron chi connectivity index (χ1n) is 6.79. The molecule has 1 heterocycles. The fraction of sp³-hybridized carbons (Fsp3) is 0.533. The maximum Gasteiger partial charge on any atom is 0.322 e. The lowest BCUT2D eigenvalue weighted by Gasteiger charge is -2.36. The van der Waals surface area contributed by atoms with E-state index in [1.54, 1.807) is 0 Å². The number of methoxy groups -OCH3 is 1. The molecular formula is C15H22N2O2. The molecule has 1 atom stereocenters. The van der Waals surface area contributed by atoms with Crippen molar-refractivity contribution in [1.82, 2.24) is 9.80 Å². The number of ether oxygens (including phenoxy) is 1. The second-order valence-corrected chi connectivity index (χ2v) is 5.00. The third kappa shape index (κ3) is 3.78. The predicted octanol–water partition coefficient (Wildman–Crippen LogP) is 1.37. The van der Waals surface area contributed by atoms with E-state index in [1.807, 2.05) is 13.0 Å². The summed E-state index contributed by atoms with van der Waals surface area (Å²) in [6.45, 7) is 6.73. The molecule has 1 aliphatic rings. The van der Waals surface area contributed by atoms with E-state index in [4.69, 9.17) is 4.74 Å². The predicted molar refractivity (Wildman–Crippen MR) is 74.8 cm³/mol. The highest BCUT2D eigenvalue weighted by molar-refractivity contribution is 5.75. The van der Waals surface area contributed by atoms with Crippen LogP contribution in [0.25, 0.3) is 0 Å². The Hall–Kier alpha value is -1.39. The molecule has 1 fully saturated rings. The monoisotopic (exact) mass is 262 g/mol. The van der Waals surface area contributed by atoms with Gasteiger partial charge in [-0.25, -0.2) is 0 Å². The van der Waals surface area contributed by atoms with Gasteiger partial charge in [0, 0.05) is 32.7 Å². The molecule has 1 saturated heterocycles. The highest BCUT2D eigenvalue weighted by atomic mass is 16.5. The number of hydrogen-bond acceptors (Lipinski definition) is 4. The zero-order chi connectivity index (χ0) is 13.7. The van der Waals surface area contributed by atoms with E-state index in [1.165, 1.54) is 12.7 Å². The third-order valence-corrected chi connectivity index (χ3v) is 3.75. The second kappa shape index (κ2) is 6.68. The van der Waals surface area contributed by atoms with Gasteiger partial charge in [-0.15, -0.1) is 0 Å². The van der Waals surface area contributed by atoms with E-state index >= 15 is 0 Å². The molecule has 0 N–H and O–H groups in total. The van der Waals surface area contributed by atoms with Crippen LogP contribution in [0.4, 0.5) is 0 Å². The van der Waals surface area contributed by atoms with Gasteiger partial charge in [0.25, 0.3) is 0 Å². The number of nitrogens with zero attached hydrogens (tertiary/aromatic N) is 2. The number of esters is 1. The van der Waals surface area contributed by atoms with E-state index in [0.29, 0.717) is 0 Å². The maximum atomic E-state index is 11.5. The van der Waals surface area contributed by atoms with Crippen molar-refractivity contribution in [3.8, 4) is 0 Å². The van der Waals surface area contributed by atoms with E-state index in [2.05, 4.69) is 34.1 Å². The van der Waals surface area contributed by atoms with Crippen molar-refractivity contribution in [3.63, 3.8) is 0 Å². The lowest BCUT2D eigenvalue weighted by atomic mass is 10.2. The second-order valence-electron chi connectivity index (χ2n) is 5.00. The smallest absolute Gasteiger partial charge is 0.322 e. The van der Waals surface area contributed by atoms with Gasteiger partial charge >= 0.3 is 5.97 Å². The van der Waals surface area contributed by atoms with Crippen molar-refractivity contribution in [1.29, 1.82) is 0 Å². The molecule has 1 aromatic rings. The molecule has 1 aliphatic heterocycles. The molecule has 0 saturated carbocycles. The molecule has 0 aliphatic carbocycles. The summed E-state index contributed by atoms with van der Waals surface area (Å²) in [6.07, 6.45) is 0. The van der Waals surface area contributed by atoms with Crippen molar-refractivity contribution in [3.05, 3.63) is 35.9 Å². The number of hydrogen-bond donors (Lipinski definition) is 0. The fourth-order valence-corrected chi connectivity index (χ4v) is 2.47. The van der Waals surface area contributed by atoms with Gasteiger partial charge in [-0.3, -0.25) is 14.6 Å². The average molecular weight is 262 g/mol. The molecule has 0 radical (unpaired) electrons. The summed E-state index contributed by atoms with van der Waals surface area (Å²) < 4.78 is 4.79. The summed E-state index contributed by atoms with van der Waals surface area (Å²) >= 11 is 0. The van der Waals surface area contributed by atoms with E-state index in [-0.39, 0.29) is 12.0 Å². The molecule has 2 rings (SSSR count). The summed E-state index contributed by atoms with van der Waals surface area (Å²) in [7, 11) is 1.45. The van der Waals surface area contributed by atoms with Gasteiger partial charge in [-0.1, -0.05) is 30.3 Å². The Morgan fingerprint density at radius 3 is 2.42 bits per heavy atom. The zero-order valence-corrected chi connectivity index (χ0v) is 11.7. The topological polar surface area (TPSA) is 32.8 Å². The molecule has 104 valence electrons. The highest BCUT2D eigenvalue weighted by Crippen LogP contribution is 2.11. The van der Waals surface area contributed by atoms with Gasteiger partial charge in [0.05, 0.1) is 7.11 Å². The van der Waals surface area contributed by atoms with E-state index in [0.717, 1.165) is 32.7 Å². The molecule has 19 heavy (non-hydrogen) atoms. The van der Waals surface area contributed by atoms with Crippen molar-refractivity contribution in [2.45, 2.75) is 19.5 Å². The van der Waals surface area contributed by atoms with Crippen LogP contribution >= 0.6 is 0 Å². The van der Waals surface area contributed by atoms with Crippen LogP contribution in [-0.4, -0.2) is 55.1 Å². The highest BCUT2D eigenvalue weighted by Gasteiger charge is 2.25. The lowest BCUT2D eigenvalue weighted by molar-refractivity contribution is -0.147.